The zero-order chi connectivity index (χ0) is 21.3. The van der Waals surface area contributed by atoms with E-state index in [-0.39, 0.29) is 24.0 Å². The number of amides is 1. The number of aromatic nitrogens is 2. The summed E-state index contributed by atoms with van der Waals surface area (Å²) in [5.41, 5.74) is 1.96. The van der Waals surface area contributed by atoms with E-state index in [0.29, 0.717) is 22.3 Å². The molecule has 29 heavy (non-hydrogen) atoms. The van der Waals surface area contributed by atoms with Crippen LogP contribution in [-0.4, -0.2) is 46.6 Å². The van der Waals surface area contributed by atoms with Crippen molar-refractivity contribution in [2.24, 2.45) is 0 Å². The van der Waals surface area contributed by atoms with Crippen LogP contribution in [0.4, 0.5) is 13.2 Å². The third-order valence-corrected chi connectivity index (χ3v) is 4.63. The first-order chi connectivity index (χ1) is 13.6. The molecule has 0 aromatic carbocycles. The van der Waals surface area contributed by atoms with Crippen molar-refractivity contribution in [2.45, 2.75) is 32.6 Å². The van der Waals surface area contributed by atoms with Gasteiger partial charge in [0.05, 0.1) is 13.2 Å². The van der Waals surface area contributed by atoms with E-state index in [9.17, 15) is 22.8 Å². The van der Waals surface area contributed by atoms with Crippen molar-refractivity contribution in [2.75, 3.05) is 13.7 Å². The summed E-state index contributed by atoms with van der Waals surface area (Å²) < 4.78 is 46.4. The summed E-state index contributed by atoms with van der Waals surface area (Å²) in [6, 6.07) is 2.72. The molecule has 0 saturated heterocycles. The fourth-order valence-electron chi connectivity index (χ4n) is 3.13. The lowest BCUT2D eigenvalue weighted by molar-refractivity contribution is -0.154. The molecule has 10 heteroatoms. The number of pyridine rings is 2. The molecule has 2 aromatic heterocycles. The number of ether oxygens (including phenoxy) is 2. The Balaban J connectivity index is 1.82. The minimum absolute atomic E-state index is 0.0817. The first-order valence-corrected chi connectivity index (χ1v) is 8.65. The standard InChI is InChI=1S/C19H18F3N3O4/c1-10-6-12(7-24-16(10)29-9-19(20,21)22)11(2)25-8-14-13(17(25)26)4-5-23-15(14)18(27)28-3/h4-7,11H,8-9H2,1-3H3. The average molecular weight is 409 g/mol. The van der Waals surface area contributed by atoms with Gasteiger partial charge in [0.1, 0.15) is 0 Å². The number of methoxy groups -OCH3 is 1. The Morgan fingerprint density at radius 3 is 2.69 bits per heavy atom. The summed E-state index contributed by atoms with van der Waals surface area (Å²) >= 11 is 0. The lowest BCUT2D eigenvalue weighted by Crippen LogP contribution is -2.27. The van der Waals surface area contributed by atoms with Crippen LogP contribution in [0.3, 0.4) is 0 Å². The molecule has 2 aromatic rings. The van der Waals surface area contributed by atoms with Crippen LogP contribution in [0.1, 0.15) is 50.5 Å². The normalized spacial score (nSPS) is 14.6. The monoisotopic (exact) mass is 409 g/mol. The van der Waals surface area contributed by atoms with Gasteiger partial charge in [0, 0.05) is 35.6 Å². The number of hydrogen-bond donors (Lipinski definition) is 0. The molecule has 0 fully saturated rings. The molecular formula is C19H18F3N3O4. The Kier molecular flexibility index (Phi) is 5.45. The number of carbonyl (C=O) groups is 2. The van der Waals surface area contributed by atoms with Gasteiger partial charge >= 0.3 is 12.1 Å². The number of hydrogen-bond acceptors (Lipinski definition) is 6. The van der Waals surface area contributed by atoms with Gasteiger partial charge in [-0.2, -0.15) is 13.2 Å². The minimum atomic E-state index is -4.46. The Bertz CT molecular complexity index is 962. The van der Waals surface area contributed by atoms with Crippen LogP contribution in [0.5, 0.6) is 5.88 Å². The number of rotatable bonds is 5. The van der Waals surface area contributed by atoms with Crippen molar-refractivity contribution in [1.82, 2.24) is 14.9 Å². The second-order valence-electron chi connectivity index (χ2n) is 6.58. The summed E-state index contributed by atoms with van der Waals surface area (Å²) in [5.74, 6) is -1.03. The smallest absolute Gasteiger partial charge is 0.422 e. The minimum Gasteiger partial charge on any atom is -0.468 e. The number of aryl methyl sites for hydroxylation is 1. The van der Waals surface area contributed by atoms with Crippen LogP contribution >= 0.6 is 0 Å². The Morgan fingerprint density at radius 2 is 2.07 bits per heavy atom. The van der Waals surface area contributed by atoms with Crippen LogP contribution in [0, 0.1) is 6.92 Å². The topological polar surface area (TPSA) is 81.6 Å². The predicted octanol–water partition coefficient (Wildman–Crippen LogP) is 3.23. The summed E-state index contributed by atoms with van der Waals surface area (Å²) in [7, 11) is 1.23. The van der Waals surface area contributed by atoms with E-state index in [1.165, 1.54) is 30.5 Å². The zero-order valence-electron chi connectivity index (χ0n) is 15.9. The Labute approximate surface area is 164 Å². The maximum absolute atomic E-state index is 12.8. The molecule has 1 unspecified atom stereocenters. The number of alkyl halides is 3. The van der Waals surface area contributed by atoms with Crippen molar-refractivity contribution >= 4 is 11.9 Å². The van der Waals surface area contributed by atoms with Crippen LogP contribution in [-0.2, 0) is 11.3 Å². The molecule has 0 aliphatic carbocycles. The largest absolute Gasteiger partial charge is 0.468 e. The number of esters is 1. The summed E-state index contributed by atoms with van der Waals surface area (Å²) in [4.78, 5) is 34.2. The number of nitrogens with zero attached hydrogens (tertiary/aromatic N) is 3. The molecule has 1 aliphatic heterocycles. The Morgan fingerprint density at radius 1 is 1.34 bits per heavy atom. The van der Waals surface area contributed by atoms with Crippen LogP contribution in [0.2, 0.25) is 0 Å². The highest BCUT2D eigenvalue weighted by Gasteiger charge is 2.35. The molecule has 1 aliphatic rings. The van der Waals surface area contributed by atoms with Crippen molar-refractivity contribution in [3.63, 3.8) is 0 Å². The highest BCUT2D eigenvalue weighted by atomic mass is 19.4. The highest BCUT2D eigenvalue weighted by Crippen LogP contribution is 2.33. The first-order valence-electron chi connectivity index (χ1n) is 8.65. The molecular weight excluding hydrogens is 391 g/mol. The van der Waals surface area contributed by atoms with Gasteiger partial charge in [-0.1, -0.05) is 0 Å². The average Bonchev–Trinajstić information content (AvgIpc) is 3.02. The van der Waals surface area contributed by atoms with E-state index >= 15 is 0 Å². The van der Waals surface area contributed by atoms with Crippen LogP contribution in [0.25, 0.3) is 0 Å². The summed E-state index contributed by atoms with van der Waals surface area (Å²) in [5, 5.41) is 0. The first kappa shape index (κ1) is 20.6. The molecule has 0 N–H and O–H groups in total. The second kappa shape index (κ2) is 7.69. The van der Waals surface area contributed by atoms with Crippen molar-refractivity contribution in [3.8, 4) is 5.88 Å². The van der Waals surface area contributed by atoms with E-state index in [1.807, 2.05) is 0 Å². The molecule has 7 nitrogen and oxygen atoms in total. The van der Waals surface area contributed by atoms with Gasteiger partial charge in [0.2, 0.25) is 5.88 Å². The summed E-state index contributed by atoms with van der Waals surface area (Å²) in [6.45, 7) is 2.06. The van der Waals surface area contributed by atoms with E-state index in [1.54, 1.807) is 19.9 Å². The maximum atomic E-state index is 12.8. The van der Waals surface area contributed by atoms with Gasteiger partial charge in [-0.3, -0.25) is 4.79 Å². The molecule has 0 saturated carbocycles. The molecule has 0 bridgehead atoms. The van der Waals surface area contributed by atoms with Gasteiger partial charge in [-0.15, -0.1) is 0 Å². The van der Waals surface area contributed by atoms with E-state index in [4.69, 9.17) is 9.47 Å². The molecule has 0 radical (unpaired) electrons. The van der Waals surface area contributed by atoms with Gasteiger partial charge in [0.25, 0.3) is 5.91 Å². The number of halogens is 3. The summed E-state index contributed by atoms with van der Waals surface area (Å²) in [6.07, 6.45) is -1.71. The van der Waals surface area contributed by atoms with Crippen molar-refractivity contribution in [3.05, 3.63) is 52.5 Å². The fraction of sp³-hybridized carbons (Fsp3) is 0.368. The second-order valence-corrected chi connectivity index (χ2v) is 6.58. The number of carbonyl (C=O) groups excluding carboxylic acids is 2. The molecule has 0 spiro atoms. The third-order valence-electron chi connectivity index (χ3n) is 4.63. The lowest BCUT2D eigenvalue weighted by atomic mass is 10.1. The third kappa shape index (κ3) is 4.15. The van der Waals surface area contributed by atoms with E-state index in [2.05, 4.69) is 9.97 Å². The number of fused-ring (bicyclic) bond motifs is 1. The molecule has 3 heterocycles. The molecule has 3 rings (SSSR count). The van der Waals surface area contributed by atoms with Gasteiger partial charge in [0.15, 0.2) is 12.3 Å². The Hall–Kier alpha value is -3.17. The highest BCUT2D eigenvalue weighted by molar-refractivity contribution is 6.02. The van der Waals surface area contributed by atoms with Crippen molar-refractivity contribution < 1.29 is 32.2 Å². The fourth-order valence-corrected chi connectivity index (χ4v) is 3.13. The molecule has 1 amide bonds. The zero-order valence-corrected chi connectivity index (χ0v) is 15.9. The van der Waals surface area contributed by atoms with Crippen molar-refractivity contribution in [1.29, 1.82) is 0 Å². The van der Waals surface area contributed by atoms with E-state index in [0.717, 1.165) is 0 Å². The predicted molar refractivity (Wildman–Crippen MR) is 94.4 cm³/mol. The lowest BCUT2D eigenvalue weighted by Gasteiger charge is -2.25. The molecule has 1 atom stereocenters. The van der Waals surface area contributed by atoms with Gasteiger partial charge in [-0.25, -0.2) is 14.8 Å². The quantitative estimate of drug-likeness (QED) is 0.706. The van der Waals surface area contributed by atoms with Gasteiger partial charge < -0.3 is 14.4 Å². The van der Waals surface area contributed by atoms with Crippen LogP contribution < -0.4 is 4.74 Å². The SMILES string of the molecule is COC(=O)c1nccc2c1CN(C(C)c1cnc(OCC(F)(F)F)c(C)c1)C2=O. The van der Waals surface area contributed by atoms with Gasteiger partial charge in [-0.05, 0) is 31.5 Å². The molecule has 154 valence electrons. The van der Waals surface area contributed by atoms with Crippen LogP contribution in [0.15, 0.2) is 24.5 Å². The van der Waals surface area contributed by atoms with E-state index < -0.39 is 24.8 Å². The maximum Gasteiger partial charge on any atom is 0.422 e.